The van der Waals surface area contributed by atoms with Crippen LogP contribution in [0.3, 0.4) is 0 Å². The Kier molecular flexibility index (Phi) is 27.5. The summed E-state index contributed by atoms with van der Waals surface area (Å²) in [4.78, 5) is 155. The fraction of sp³-hybridized carbons (Fsp3) is 0.492. The minimum Gasteiger partial charge on any atom is -0.481 e. The quantitative estimate of drug-likeness (QED) is 0.0400. The lowest BCUT2D eigenvalue weighted by Crippen LogP contribution is -2.61. The summed E-state index contributed by atoms with van der Waals surface area (Å²) < 4.78 is 42.0. The van der Waals surface area contributed by atoms with Gasteiger partial charge in [-0.25, -0.2) is 4.79 Å². The van der Waals surface area contributed by atoms with E-state index < -0.39 is 136 Å². The molecule has 4 aromatic rings. The molecule has 1 aliphatic rings. The minimum atomic E-state index is -4.91. The number of fused-ring (bicyclic) bond motifs is 1. The van der Waals surface area contributed by atoms with Crippen LogP contribution in [0.1, 0.15) is 128 Å². The Bertz CT molecular complexity index is 3270. The van der Waals surface area contributed by atoms with Crippen molar-refractivity contribution >= 4 is 86.5 Å². The van der Waals surface area contributed by atoms with E-state index in [2.05, 4.69) is 57.0 Å². The monoisotopic (exact) mass is 1270 g/mol. The van der Waals surface area contributed by atoms with Crippen LogP contribution in [0.15, 0.2) is 85.1 Å². The number of aliphatic carboxylic acids is 1. The summed E-state index contributed by atoms with van der Waals surface area (Å²) in [6.07, 6.45) is 0.696. The summed E-state index contributed by atoms with van der Waals surface area (Å²) in [6, 6.07) is 9.00. The van der Waals surface area contributed by atoms with Crippen molar-refractivity contribution in [3.05, 3.63) is 102 Å². The van der Waals surface area contributed by atoms with Gasteiger partial charge >= 0.3 is 22.5 Å². The van der Waals surface area contributed by atoms with Gasteiger partial charge in [-0.05, 0) is 94.2 Å². The van der Waals surface area contributed by atoms with E-state index in [-0.39, 0.29) is 76.5 Å². The number of nitrogens with two attached hydrogens (primary N) is 1. The first-order chi connectivity index (χ1) is 42.6. The maximum atomic E-state index is 14.9. The summed E-state index contributed by atoms with van der Waals surface area (Å²) in [5.41, 5.74) is 6.83. The predicted octanol–water partition coefficient (Wildman–Crippen LogP) is 2.08. The fourth-order valence-electron chi connectivity index (χ4n) is 9.75. The predicted molar refractivity (Wildman–Crippen MR) is 328 cm³/mol. The molecular formula is C61H83N11O17S. The summed E-state index contributed by atoms with van der Waals surface area (Å²) >= 11 is 0. The molecule has 8 atom stereocenters. The van der Waals surface area contributed by atoms with E-state index >= 15 is 0 Å². The van der Waals surface area contributed by atoms with Crippen LogP contribution in [0.4, 0.5) is 4.79 Å². The van der Waals surface area contributed by atoms with Crippen LogP contribution in [0, 0.1) is 0 Å². The van der Waals surface area contributed by atoms with Crippen LogP contribution in [0.2, 0.25) is 0 Å². The standard InChI is InChI=1S/C61H83N11O17S/c1-6-8-20-42-53(77)65-44(23-15-16-30-63-50(73)29-28-45(72-60(84)88-61(3,4)5)56(80)69-47(57(81)66-42)32-37-24-26-39(27-25-37)89-90(85,86)87)55(79)70-48(33-38-35-64-41-22-14-13-19-40(38)41)58(82)67-43(21-9-7-2)54(78)71-49(34-51(74)75)59(83)68-46(52(62)76)31-36-17-11-10-12-18-36/h10-14,17-19,22,24-27,35,42-49,64H,6-9,15-16,20-21,23,28-34H2,1-5H3,(H2,62,76)(H,63,73)(H,65,77)(H,66,81)(H,67,82)(H,68,83)(H,69,80)(H,70,79)(H,71,78)(H,72,84)(H,74,75)(H,85,86,87)/t42-,43-,44+,45-,46-,47-,48-,49-/m0/s1. The molecule has 3 aromatic carbocycles. The highest BCUT2D eigenvalue weighted by Gasteiger charge is 2.36. The molecule has 0 saturated carbocycles. The number of aromatic amines is 1. The third-order valence-corrected chi connectivity index (χ3v) is 14.8. The van der Waals surface area contributed by atoms with Crippen molar-refractivity contribution < 1.29 is 79.7 Å². The van der Waals surface area contributed by atoms with E-state index in [1.54, 1.807) is 81.6 Å². The molecule has 5 rings (SSSR count). The third-order valence-electron chi connectivity index (χ3n) is 14.4. The molecule has 14 N–H and O–H groups in total. The Morgan fingerprint density at radius 2 is 1.32 bits per heavy atom. The second-order valence-electron chi connectivity index (χ2n) is 22.9. The van der Waals surface area contributed by atoms with Gasteiger partial charge in [0.25, 0.3) is 0 Å². The van der Waals surface area contributed by atoms with E-state index in [1.165, 1.54) is 24.3 Å². The van der Waals surface area contributed by atoms with E-state index in [9.17, 15) is 70.8 Å². The lowest BCUT2D eigenvalue weighted by molar-refractivity contribution is -0.141. The van der Waals surface area contributed by atoms with Crippen molar-refractivity contribution in [2.24, 2.45) is 5.73 Å². The number of benzene rings is 3. The van der Waals surface area contributed by atoms with Crippen molar-refractivity contribution in [2.75, 3.05) is 6.54 Å². The van der Waals surface area contributed by atoms with Gasteiger partial charge in [-0.3, -0.25) is 52.5 Å². The maximum absolute atomic E-state index is 14.9. The van der Waals surface area contributed by atoms with Gasteiger partial charge in [-0.1, -0.05) is 100 Å². The number of carboxylic acid groups (broad SMARTS) is 1. The highest BCUT2D eigenvalue weighted by atomic mass is 32.3. The smallest absolute Gasteiger partial charge is 0.446 e. The molecule has 1 saturated heterocycles. The molecule has 1 aliphatic heterocycles. The topological polar surface area (TPSA) is 431 Å². The lowest BCUT2D eigenvalue weighted by atomic mass is 10.0. The normalized spacial score (nSPS) is 18.6. The van der Waals surface area contributed by atoms with Gasteiger partial charge in [-0.2, -0.15) is 8.42 Å². The van der Waals surface area contributed by atoms with Crippen LogP contribution in [-0.4, -0.2) is 149 Å². The van der Waals surface area contributed by atoms with Gasteiger partial charge in [0.1, 0.15) is 59.7 Å². The largest absolute Gasteiger partial charge is 0.481 e. The van der Waals surface area contributed by atoms with Crippen LogP contribution in [-0.2, 0) is 82.3 Å². The minimum absolute atomic E-state index is 0.0147. The molecular weight excluding hydrogens is 1190 g/mol. The summed E-state index contributed by atoms with van der Waals surface area (Å²) in [5, 5.41) is 34.2. The molecule has 0 radical (unpaired) electrons. The first kappa shape index (κ1) is 71.6. The molecule has 1 fully saturated rings. The summed E-state index contributed by atoms with van der Waals surface area (Å²) in [5.74, 6) is -9.66. The van der Waals surface area contributed by atoms with Gasteiger partial charge in [0.15, 0.2) is 0 Å². The highest BCUT2D eigenvalue weighted by Crippen LogP contribution is 2.21. The second-order valence-corrected chi connectivity index (χ2v) is 23.9. The SMILES string of the molecule is CCCC[C@H](NC(=O)[C@H](Cc1c[nH]c2ccccc12)NC(=O)[C@H]1CCCCNC(=O)CC[C@H](NC(=O)OC(C)(C)C)C(=O)N[C@@H](Cc2ccc(OS(=O)(=O)O)cc2)C(=O)N[C@@H](CCCC)C(=O)N1)C(=O)N[C@@H](CC(=O)O)C(=O)N[C@@H](Cc1ccccc1)C(N)=O. The Morgan fingerprint density at radius 3 is 1.98 bits per heavy atom. The van der Waals surface area contributed by atoms with Crippen LogP contribution >= 0.6 is 0 Å². The Labute approximate surface area is 521 Å². The first-order valence-electron chi connectivity index (χ1n) is 29.9. The number of para-hydroxylation sites is 1. The molecule has 29 heteroatoms. The van der Waals surface area contributed by atoms with Gasteiger partial charge in [0.2, 0.25) is 53.2 Å². The molecule has 0 unspecified atom stereocenters. The number of carboxylic acids is 1. The number of carbonyl (C=O) groups is 11. The zero-order chi connectivity index (χ0) is 66.1. The number of hydrogen-bond acceptors (Lipinski definition) is 15. The molecule has 1 aromatic heterocycles. The number of aromatic nitrogens is 1. The van der Waals surface area contributed by atoms with Crippen molar-refractivity contribution in [3.63, 3.8) is 0 Å². The molecule has 90 heavy (non-hydrogen) atoms. The average molecular weight is 1270 g/mol. The zero-order valence-corrected chi connectivity index (χ0v) is 51.8. The number of hydrogen-bond donors (Lipinski definition) is 13. The first-order valence-corrected chi connectivity index (χ1v) is 31.2. The molecule has 10 amide bonds. The molecule has 490 valence electrons. The second kappa shape index (κ2) is 34.6. The lowest BCUT2D eigenvalue weighted by Gasteiger charge is -2.28. The van der Waals surface area contributed by atoms with Crippen molar-refractivity contribution in [1.29, 1.82) is 0 Å². The third kappa shape index (κ3) is 24.5. The maximum Gasteiger partial charge on any atom is 0.446 e. The van der Waals surface area contributed by atoms with E-state index in [0.29, 0.717) is 53.3 Å². The van der Waals surface area contributed by atoms with Gasteiger partial charge in [0.05, 0.1) is 6.42 Å². The Hall–Kier alpha value is -9.12. The fourth-order valence-corrected chi connectivity index (χ4v) is 10.1. The van der Waals surface area contributed by atoms with Gasteiger partial charge in [-0.15, -0.1) is 0 Å². The van der Waals surface area contributed by atoms with Crippen molar-refractivity contribution in [1.82, 2.24) is 52.8 Å². The Morgan fingerprint density at radius 1 is 0.700 bits per heavy atom. The molecule has 0 spiro atoms. The van der Waals surface area contributed by atoms with Crippen molar-refractivity contribution in [2.45, 2.75) is 185 Å². The molecule has 0 aliphatic carbocycles. The number of unbranched alkanes of at least 4 members (excludes halogenated alkanes) is 2. The Balaban J connectivity index is 1.47. The van der Waals surface area contributed by atoms with Crippen LogP contribution in [0.5, 0.6) is 5.75 Å². The van der Waals surface area contributed by atoms with E-state index in [1.807, 2.05) is 13.8 Å². The molecule has 0 bridgehead atoms. The number of nitrogens with one attached hydrogen (secondary N) is 10. The summed E-state index contributed by atoms with van der Waals surface area (Å²) in [6.45, 7) is 8.52. The van der Waals surface area contributed by atoms with Crippen molar-refractivity contribution in [3.8, 4) is 5.75 Å². The number of primary amides is 1. The number of ether oxygens (including phenoxy) is 1. The molecule has 28 nitrogen and oxygen atoms in total. The zero-order valence-electron chi connectivity index (χ0n) is 51.0. The number of H-pyrrole nitrogens is 1. The van der Waals surface area contributed by atoms with E-state index in [4.69, 9.17) is 10.5 Å². The highest BCUT2D eigenvalue weighted by molar-refractivity contribution is 7.81. The number of amides is 10. The average Bonchev–Trinajstić information content (AvgIpc) is 2.36. The summed E-state index contributed by atoms with van der Waals surface area (Å²) in [7, 11) is -4.91. The van der Waals surface area contributed by atoms with E-state index in [0.717, 1.165) is 0 Å². The number of rotatable bonds is 26. The number of alkyl carbamates (subject to hydrolysis) is 1. The number of carbonyl (C=O) groups excluding carboxylic acids is 10. The van der Waals surface area contributed by atoms with Gasteiger partial charge < -0.3 is 72.6 Å². The van der Waals surface area contributed by atoms with Crippen LogP contribution in [0.25, 0.3) is 10.9 Å². The van der Waals surface area contributed by atoms with Gasteiger partial charge in [0, 0.05) is 49.3 Å². The molecule has 2 heterocycles. The van der Waals surface area contributed by atoms with Crippen LogP contribution < -0.4 is 57.8 Å².